The molecule has 1 aromatic rings. The predicted molar refractivity (Wildman–Crippen MR) is 74.1 cm³/mol. The number of carbonyl (C=O) groups excluding carboxylic acids is 1. The van der Waals surface area contributed by atoms with Gasteiger partial charge in [0.2, 0.25) is 0 Å². The monoisotopic (exact) mass is 297 g/mol. The molecule has 1 unspecified atom stereocenters. The van der Waals surface area contributed by atoms with E-state index < -0.39 is 12.1 Å². The van der Waals surface area contributed by atoms with Crippen LogP contribution in [0, 0.1) is 6.92 Å². The van der Waals surface area contributed by atoms with Crippen LogP contribution < -0.4 is 0 Å². The minimum absolute atomic E-state index is 0.0989. The molecule has 1 aliphatic heterocycles. The normalized spacial score (nSPS) is 18.9. The smallest absolute Gasteiger partial charge is 0.306 e. The van der Waals surface area contributed by atoms with Gasteiger partial charge in [-0.3, -0.25) is 9.59 Å². The Kier molecular flexibility index (Phi) is 4.62. The van der Waals surface area contributed by atoms with Gasteiger partial charge in [0.1, 0.15) is 0 Å². The summed E-state index contributed by atoms with van der Waals surface area (Å²) in [6, 6.07) is 5.20. The lowest BCUT2D eigenvalue weighted by Gasteiger charge is -2.32. The minimum atomic E-state index is -0.928. The van der Waals surface area contributed by atoms with Crippen molar-refractivity contribution >= 4 is 23.5 Å². The number of ether oxygens (including phenoxy) is 1. The summed E-state index contributed by atoms with van der Waals surface area (Å²) in [6.45, 7) is 2.89. The van der Waals surface area contributed by atoms with Crippen LogP contribution in [0.15, 0.2) is 18.2 Å². The Morgan fingerprint density at radius 1 is 1.50 bits per heavy atom. The van der Waals surface area contributed by atoms with Gasteiger partial charge in [0, 0.05) is 23.7 Å². The van der Waals surface area contributed by atoms with Gasteiger partial charge in [0.05, 0.1) is 19.1 Å². The quantitative estimate of drug-likeness (QED) is 0.926. The number of halogens is 1. The molecule has 0 aliphatic carbocycles. The molecule has 1 aromatic carbocycles. The van der Waals surface area contributed by atoms with E-state index in [-0.39, 0.29) is 18.9 Å². The van der Waals surface area contributed by atoms with E-state index in [1.54, 1.807) is 30.0 Å². The van der Waals surface area contributed by atoms with Crippen molar-refractivity contribution in [3.63, 3.8) is 0 Å². The van der Waals surface area contributed by atoms with Crippen LogP contribution in [0.4, 0.5) is 0 Å². The lowest BCUT2D eigenvalue weighted by molar-refractivity contribution is -0.141. The zero-order chi connectivity index (χ0) is 14.7. The molecule has 1 fully saturated rings. The first-order valence-corrected chi connectivity index (χ1v) is 6.74. The topological polar surface area (TPSA) is 66.8 Å². The van der Waals surface area contributed by atoms with Crippen LogP contribution in [0.25, 0.3) is 0 Å². The van der Waals surface area contributed by atoms with E-state index in [4.69, 9.17) is 21.4 Å². The number of rotatable bonds is 3. The van der Waals surface area contributed by atoms with Gasteiger partial charge >= 0.3 is 5.97 Å². The molecule has 20 heavy (non-hydrogen) atoms. The van der Waals surface area contributed by atoms with Gasteiger partial charge in [0.25, 0.3) is 5.91 Å². The standard InChI is InChI=1S/C14H16ClNO4/c1-9-11(3-2-4-12(9)15)14(19)16-5-6-20-10(8-16)7-13(17)18/h2-4,10H,5-8H2,1H3,(H,17,18). The van der Waals surface area contributed by atoms with E-state index >= 15 is 0 Å². The molecule has 0 saturated carbocycles. The molecule has 1 aliphatic rings. The number of benzene rings is 1. The summed E-state index contributed by atoms with van der Waals surface area (Å²) in [6.07, 6.45) is -0.553. The van der Waals surface area contributed by atoms with Crippen molar-refractivity contribution in [1.29, 1.82) is 0 Å². The van der Waals surface area contributed by atoms with Crippen LogP contribution in [0.1, 0.15) is 22.3 Å². The highest BCUT2D eigenvalue weighted by atomic mass is 35.5. The maximum Gasteiger partial charge on any atom is 0.306 e. The first-order valence-electron chi connectivity index (χ1n) is 6.37. The molecule has 108 valence electrons. The Balaban J connectivity index is 2.12. The number of nitrogens with zero attached hydrogens (tertiary/aromatic N) is 1. The fourth-order valence-electron chi connectivity index (χ4n) is 2.23. The van der Waals surface area contributed by atoms with Crippen LogP contribution in [0.5, 0.6) is 0 Å². The molecule has 1 atom stereocenters. The second kappa shape index (κ2) is 6.24. The van der Waals surface area contributed by atoms with Crippen molar-refractivity contribution in [2.75, 3.05) is 19.7 Å². The van der Waals surface area contributed by atoms with Gasteiger partial charge < -0.3 is 14.7 Å². The number of carboxylic acids is 1. The highest BCUT2D eigenvalue weighted by Crippen LogP contribution is 2.21. The van der Waals surface area contributed by atoms with Gasteiger partial charge in [0.15, 0.2) is 0 Å². The summed E-state index contributed by atoms with van der Waals surface area (Å²) in [5.41, 5.74) is 1.29. The second-order valence-electron chi connectivity index (χ2n) is 4.75. The molecule has 6 heteroatoms. The Hall–Kier alpha value is -1.59. The molecule has 1 heterocycles. The average Bonchev–Trinajstić information content (AvgIpc) is 2.41. The van der Waals surface area contributed by atoms with E-state index in [9.17, 15) is 9.59 Å². The summed E-state index contributed by atoms with van der Waals surface area (Å²) in [4.78, 5) is 24.8. The fourth-order valence-corrected chi connectivity index (χ4v) is 2.41. The highest BCUT2D eigenvalue weighted by molar-refractivity contribution is 6.31. The maximum absolute atomic E-state index is 12.5. The van der Waals surface area contributed by atoms with Gasteiger partial charge in [-0.25, -0.2) is 0 Å². The highest BCUT2D eigenvalue weighted by Gasteiger charge is 2.27. The number of aliphatic carboxylic acids is 1. The fraction of sp³-hybridized carbons (Fsp3) is 0.429. The third-order valence-electron chi connectivity index (χ3n) is 3.33. The Morgan fingerprint density at radius 2 is 2.25 bits per heavy atom. The molecule has 2 rings (SSSR count). The van der Waals surface area contributed by atoms with Gasteiger partial charge in [-0.15, -0.1) is 0 Å². The maximum atomic E-state index is 12.5. The van der Waals surface area contributed by atoms with Gasteiger partial charge in [-0.05, 0) is 24.6 Å². The minimum Gasteiger partial charge on any atom is -0.481 e. The lowest BCUT2D eigenvalue weighted by Crippen LogP contribution is -2.46. The molecule has 1 amide bonds. The number of hydrogen-bond donors (Lipinski definition) is 1. The number of amides is 1. The van der Waals surface area contributed by atoms with Gasteiger partial charge in [-0.2, -0.15) is 0 Å². The van der Waals surface area contributed by atoms with Crippen molar-refractivity contribution in [1.82, 2.24) is 4.90 Å². The average molecular weight is 298 g/mol. The molecular weight excluding hydrogens is 282 g/mol. The molecule has 5 nitrogen and oxygen atoms in total. The summed E-state index contributed by atoms with van der Waals surface area (Å²) in [7, 11) is 0. The Bertz CT molecular complexity index is 532. The van der Waals surface area contributed by atoms with E-state index in [1.165, 1.54) is 0 Å². The third kappa shape index (κ3) is 3.29. The zero-order valence-electron chi connectivity index (χ0n) is 11.1. The largest absolute Gasteiger partial charge is 0.481 e. The van der Waals surface area contributed by atoms with Crippen LogP contribution in [-0.4, -0.2) is 47.7 Å². The van der Waals surface area contributed by atoms with Crippen molar-refractivity contribution in [3.05, 3.63) is 34.3 Å². The first-order chi connectivity index (χ1) is 9.49. The van der Waals surface area contributed by atoms with E-state index in [2.05, 4.69) is 0 Å². The molecular formula is C14H16ClNO4. The van der Waals surface area contributed by atoms with Crippen molar-refractivity contribution in [2.45, 2.75) is 19.4 Å². The molecule has 1 N–H and O–H groups in total. The molecule has 0 bridgehead atoms. The number of morpholine rings is 1. The molecule has 1 saturated heterocycles. The number of hydrogen-bond acceptors (Lipinski definition) is 3. The SMILES string of the molecule is Cc1c(Cl)cccc1C(=O)N1CCOC(CC(=O)O)C1. The third-order valence-corrected chi connectivity index (χ3v) is 3.74. The lowest BCUT2D eigenvalue weighted by atomic mass is 10.1. The summed E-state index contributed by atoms with van der Waals surface area (Å²) in [5.74, 6) is -1.06. The Morgan fingerprint density at radius 3 is 2.95 bits per heavy atom. The van der Waals surface area contributed by atoms with E-state index in [0.29, 0.717) is 23.7 Å². The first kappa shape index (κ1) is 14.8. The molecule has 0 spiro atoms. The van der Waals surface area contributed by atoms with Crippen LogP contribution >= 0.6 is 11.6 Å². The van der Waals surface area contributed by atoms with E-state index in [1.807, 2.05) is 0 Å². The van der Waals surface area contributed by atoms with Crippen molar-refractivity contribution in [2.24, 2.45) is 0 Å². The summed E-state index contributed by atoms with van der Waals surface area (Å²) >= 11 is 6.02. The number of carbonyl (C=O) groups is 2. The van der Waals surface area contributed by atoms with Crippen LogP contribution in [0.2, 0.25) is 5.02 Å². The van der Waals surface area contributed by atoms with E-state index in [0.717, 1.165) is 5.56 Å². The van der Waals surface area contributed by atoms with Crippen molar-refractivity contribution < 1.29 is 19.4 Å². The zero-order valence-corrected chi connectivity index (χ0v) is 11.9. The predicted octanol–water partition coefficient (Wildman–Crippen LogP) is 1.96. The molecule has 0 radical (unpaired) electrons. The van der Waals surface area contributed by atoms with Crippen molar-refractivity contribution in [3.8, 4) is 0 Å². The van der Waals surface area contributed by atoms with Gasteiger partial charge in [-0.1, -0.05) is 17.7 Å². The Labute approximate surface area is 122 Å². The molecule has 0 aromatic heterocycles. The summed E-state index contributed by atoms with van der Waals surface area (Å²) < 4.78 is 5.36. The number of carboxylic acid groups (broad SMARTS) is 1. The summed E-state index contributed by atoms with van der Waals surface area (Å²) in [5, 5.41) is 9.33. The van der Waals surface area contributed by atoms with Crippen LogP contribution in [0.3, 0.4) is 0 Å². The second-order valence-corrected chi connectivity index (χ2v) is 5.16. The van der Waals surface area contributed by atoms with Crippen LogP contribution in [-0.2, 0) is 9.53 Å².